The van der Waals surface area contributed by atoms with E-state index in [1.807, 2.05) is 0 Å². The molecule has 0 fully saturated rings. The van der Waals surface area contributed by atoms with Gasteiger partial charge in [-0.15, -0.1) is 0 Å². The van der Waals surface area contributed by atoms with Crippen LogP contribution >= 0.6 is 12.2 Å². The number of nitro benzene ring substituents is 1. The number of hydrogen-bond acceptors (Lipinski definition) is 4. The van der Waals surface area contributed by atoms with Gasteiger partial charge in [0, 0.05) is 23.4 Å². The minimum absolute atomic E-state index is 0.104. The van der Waals surface area contributed by atoms with Gasteiger partial charge < -0.3 is 5.32 Å². The number of anilines is 1. The zero-order valence-electron chi connectivity index (χ0n) is 11.6. The normalized spacial score (nSPS) is 9.78. The number of carbonyl (C=O) groups excluding carboxylic acids is 1. The molecule has 9 heteroatoms. The summed E-state index contributed by atoms with van der Waals surface area (Å²) < 4.78 is 12.8. The van der Waals surface area contributed by atoms with Gasteiger partial charge in [0.15, 0.2) is 5.11 Å². The molecule has 0 saturated heterocycles. The molecule has 0 spiro atoms. The number of benzene rings is 2. The number of thiocarbonyl (C=S) groups is 1. The predicted octanol–water partition coefficient (Wildman–Crippen LogP) is 2.37. The van der Waals surface area contributed by atoms with E-state index in [0.29, 0.717) is 5.69 Å². The van der Waals surface area contributed by atoms with Crippen molar-refractivity contribution in [3.8, 4) is 0 Å². The summed E-state index contributed by atoms with van der Waals surface area (Å²) in [5.74, 6) is -0.885. The van der Waals surface area contributed by atoms with Crippen LogP contribution in [0.1, 0.15) is 10.4 Å². The molecule has 23 heavy (non-hydrogen) atoms. The predicted molar refractivity (Wildman–Crippen MR) is 86.3 cm³/mol. The summed E-state index contributed by atoms with van der Waals surface area (Å²) in [5, 5.41) is 13.4. The third-order valence-corrected chi connectivity index (χ3v) is 2.94. The smallest absolute Gasteiger partial charge is 0.269 e. The van der Waals surface area contributed by atoms with E-state index in [1.54, 1.807) is 0 Å². The van der Waals surface area contributed by atoms with Gasteiger partial charge in [-0.2, -0.15) is 0 Å². The summed E-state index contributed by atoms with van der Waals surface area (Å²) in [6.45, 7) is 0. The number of nitrogens with zero attached hydrogens (tertiary/aromatic N) is 1. The Morgan fingerprint density at radius 2 is 1.65 bits per heavy atom. The number of rotatable bonds is 3. The largest absolute Gasteiger partial charge is 0.331 e. The molecule has 2 rings (SSSR count). The van der Waals surface area contributed by atoms with Crippen LogP contribution in [0, 0.1) is 15.9 Å². The van der Waals surface area contributed by atoms with E-state index >= 15 is 0 Å². The van der Waals surface area contributed by atoms with Crippen molar-refractivity contribution >= 4 is 34.6 Å². The van der Waals surface area contributed by atoms with E-state index in [9.17, 15) is 19.3 Å². The first-order valence-corrected chi connectivity index (χ1v) is 6.74. The summed E-state index contributed by atoms with van der Waals surface area (Å²) in [7, 11) is 0. The molecule has 2 aromatic carbocycles. The topological polar surface area (TPSA) is 96.3 Å². The molecule has 2 aromatic rings. The van der Waals surface area contributed by atoms with Crippen LogP contribution in [-0.4, -0.2) is 15.9 Å². The highest BCUT2D eigenvalue weighted by atomic mass is 32.1. The Balaban J connectivity index is 1.87. The van der Waals surface area contributed by atoms with Crippen molar-refractivity contribution in [2.75, 3.05) is 5.32 Å². The number of nitrogens with one attached hydrogen (secondary N) is 3. The Morgan fingerprint density at radius 1 is 1.04 bits per heavy atom. The molecular weight excluding hydrogens is 323 g/mol. The van der Waals surface area contributed by atoms with Gasteiger partial charge in [0.2, 0.25) is 0 Å². The van der Waals surface area contributed by atoms with Gasteiger partial charge in [0.05, 0.1) is 4.92 Å². The lowest BCUT2D eigenvalue weighted by Crippen LogP contribution is -2.43. The van der Waals surface area contributed by atoms with E-state index in [2.05, 4.69) is 16.2 Å². The van der Waals surface area contributed by atoms with Crippen LogP contribution in [0.5, 0.6) is 0 Å². The lowest BCUT2D eigenvalue weighted by atomic mass is 10.2. The fraction of sp³-hybridized carbons (Fsp3) is 0. The van der Waals surface area contributed by atoms with Crippen LogP contribution in [0.15, 0.2) is 48.5 Å². The minimum Gasteiger partial charge on any atom is -0.331 e. The molecule has 0 aliphatic heterocycles. The Kier molecular flexibility index (Phi) is 5.15. The van der Waals surface area contributed by atoms with Crippen molar-refractivity contribution in [1.29, 1.82) is 0 Å². The lowest BCUT2D eigenvalue weighted by Gasteiger charge is -2.11. The zero-order chi connectivity index (χ0) is 16.8. The van der Waals surface area contributed by atoms with E-state index in [1.165, 1.54) is 48.5 Å². The standard InChI is InChI=1S/C14H11FN4O3S/c15-10-3-5-11(6-4-10)16-14(23)18-17-13(20)9-1-7-12(8-2-9)19(21)22/h1-8H,(H,17,20)(H2,16,18,23). The number of hydrogen-bond donors (Lipinski definition) is 3. The fourth-order valence-corrected chi connectivity index (χ4v) is 1.78. The van der Waals surface area contributed by atoms with E-state index in [4.69, 9.17) is 12.2 Å². The second-order valence-electron chi connectivity index (χ2n) is 4.34. The molecule has 0 heterocycles. The molecule has 3 N–H and O–H groups in total. The summed E-state index contributed by atoms with van der Waals surface area (Å²) in [6, 6.07) is 10.6. The average Bonchev–Trinajstić information content (AvgIpc) is 2.55. The molecule has 7 nitrogen and oxygen atoms in total. The Morgan fingerprint density at radius 3 is 2.22 bits per heavy atom. The maximum absolute atomic E-state index is 12.8. The van der Waals surface area contributed by atoms with Gasteiger partial charge in [-0.1, -0.05) is 0 Å². The van der Waals surface area contributed by atoms with Crippen molar-refractivity contribution in [3.63, 3.8) is 0 Å². The molecule has 0 atom stereocenters. The van der Waals surface area contributed by atoms with Crippen molar-refractivity contribution in [1.82, 2.24) is 10.9 Å². The molecule has 1 amide bonds. The molecular formula is C14H11FN4O3S. The Labute approximate surface area is 135 Å². The van der Waals surface area contributed by atoms with Gasteiger partial charge in [0.25, 0.3) is 11.6 Å². The maximum atomic E-state index is 12.8. The summed E-state index contributed by atoms with van der Waals surface area (Å²) in [6.07, 6.45) is 0. The molecule has 0 saturated carbocycles. The van der Waals surface area contributed by atoms with E-state index in [0.717, 1.165) is 0 Å². The molecule has 118 valence electrons. The van der Waals surface area contributed by atoms with E-state index < -0.39 is 10.8 Å². The molecule has 0 aromatic heterocycles. The number of nitro groups is 1. The van der Waals surface area contributed by atoms with Crippen molar-refractivity contribution in [2.24, 2.45) is 0 Å². The monoisotopic (exact) mass is 334 g/mol. The molecule has 0 aliphatic rings. The van der Waals surface area contributed by atoms with Crippen LogP contribution < -0.4 is 16.2 Å². The molecule has 0 unspecified atom stereocenters. The first kappa shape index (κ1) is 16.3. The molecule has 0 aliphatic carbocycles. The quantitative estimate of drug-likeness (QED) is 0.453. The third kappa shape index (κ3) is 4.71. The van der Waals surface area contributed by atoms with Gasteiger partial charge >= 0.3 is 0 Å². The second kappa shape index (κ2) is 7.27. The number of amides is 1. The van der Waals surface area contributed by atoms with Crippen LogP contribution in [-0.2, 0) is 0 Å². The SMILES string of the molecule is O=C(NNC(=S)Nc1ccc(F)cc1)c1ccc([N+](=O)[O-])cc1. The summed E-state index contributed by atoms with van der Waals surface area (Å²) in [5.41, 5.74) is 5.49. The Hall–Kier alpha value is -3.07. The van der Waals surface area contributed by atoms with Crippen molar-refractivity contribution in [3.05, 3.63) is 70.0 Å². The second-order valence-corrected chi connectivity index (χ2v) is 4.75. The number of halogens is 1. The first-order chi connectivity index (χ1) is 11.0. The zero-order valence-corrected chi connectivity index (χ0v) is 12.4. The van der Waals surface area contributed by atoms with Gasteiger partial charge in [-0.3, -0.25) is 25.8 Å². The van der Waals surface area contributed by atoms with E-state index in [-0.39, 0.29) is 22.2 Å². The maximum Gasteiger partial charge on any atom is 0.269 e. The lowest BCUT2D eigenvalue weighted by molar-refractivity contribution is -0.384. The highest BCUT2D eigenvalue weighted by Gasteiger charge is 2.09. The van der Waals surface area contributed by atoms with Gasteiger partial charge in [-0.25, -0.2) is 4.39 Å². The first-order valence-electron chi connectivity index (χ1n) is 6.33. The number of carbonyl (C=O) groups is 1. The summed E-state index contributed by atoms with van der Waals surface area (Å²) in [4.78, 5) is 21.8. The number of hydrazine groups is 1. The van der Waals surface area contributed by atoms with Gasteiger partial charge in [-0.05, 0) is 48.6 Å². The Bertz CT molecular complexity index is 735. The molecule has 0 bridgehead atoms. The fourth-order valence-electron chi connectivity index (χ4n) is 1.62. The number of non-ortho nitro benzene ring substituents is 1. The third-order valence-electron chi connectivity index (χ3n) is 2.73. The summed E-state index contributed by atoms with van der Waals surface area (Å²) >= 11 is 4.97. The average molecular weight is 334 g/mol. The highest BCUT2D eigenvalue weighted by Crippen LogP contribution is 2.11. The van der Waals surface area contributed by atoms with Crippen molar-refractivity contribution in [2.45, 2.75) is 0 Å². The van der Waals surface area contributed by atoms with Crippen molar-refractivity contribution < 1.29 is 14.1 Å². The highest BCUT2D eigenvalue weighted by molar-refractivity contribution is 7.80. The van der Waals surface area contributed by atoms with Crippen LogP contribution in [0.25, 0.3) is 0 Å². The van der Waals surface area contributed by atoms with Gasteiger partial charge in [0.1, 0.15) is 5.82 Å². The minimum atomic E-state index is -0.554. The van der Waals surface area contributed by atoms with Crippen LogP contribution in [0.4, 0.5) is 15.8 Å². The molecule has 0 radical (unpaired) electrons. The van der Waals surface area contributed by atoms with Crippen LogP contribution in [0.2, 0.25) is 0 Å². The van der Waals surface area contributed by atoms with Crippen LogP contribution in [0.3, 0.4) is 0 Å².